The second-order valence-electron chi connectivity index (χ2n) is 1.94. The highest BCUT2D eigenvalue weighted by Gasteiger charge is 2.11. The van der Waals surface area contributed by atoms with Crippen molar-refractivity contribution in [3.05, 3.63) is 0 Å². The van der Waals surface area contributed by atoms with Gasteiger partial charge < -0.3 is 16.2 Å². The first-order valence-electron chi connectivity index (χ1n) is 3.34. The van der Waals surface area contributed by atoms with E-state index in [1.165, 1.54) is 0 Å². The molecule has 0 fully saturated rings. The zero-order chi connectivity index (χ0) is 7.98. The Morgan fingerprint density at radius 3 is 2.70 bits per heavy atom. The van der Waals surface area contributed by atoms with Gasteiger partial charge in [0.05, 0.1) is 6.61 Å². The van der Waals surface area contributed by atoms with E-state index in [9.17, 15) is 4.79 Å². The van der Waals surface area contributed by atoms with E-state index < -0.39 is 6.04 Å². The molecule has 0 aromatic rings. The van der Waals surface area contributed by atoms with E-state index in [4.69, 9.17) is 11.5 Å². The molecule has 0 unspecified atom stereocenters. The lowest BCUT2D eigenvalue weighted by molar-refractivity contribution is -0.144. The predicted octanol–water partition coefficient (Wildman–Crippen LogP) is -0.774. The minimum Gasteiger partial charge on any atom is -0.465 e. The molecule has 4 heteroatoms. The first-order chi connectivity index (χ1) is 4.72. The van der Waals surface area contributed by atoms with Crippen LogP contribution in [0.1, 0.15) is 13.3 Å². The average molecular weight is 146 g/mol. The van der Waals surface area contributed by atoms with Gasteiger partial charge in [-0.15, -0.1) is 0 Å². The number of hydrogen-bond acceptors (Lipinski definition) is 4. The Hall–Kier alpha value is -0.610. The average Bonchev–Trinajstić information content (AvgIpc) is 1.89. The van der Waals surface area contributed by atoms with Gasteiger partial charge in [-0.2, -0.15) is 0 Å². The topological polar surface area (TPSA) is 78.3 Å². The molecule has 0 aromatic carbocycles. The second kappa shape index (κ2) is 5.20. The summed E-state index contributed by atoms with van der Waals surface area (Å²) in [6.45, 7) is 2.53. The fourth-order valence-corrected chi connectivity index (χ4v) is 0.547. The standard InChI is InChI=1S/C6H14N2O2/c1-2-10-6(9)5(8)3-4-7/h5H,2-4,7-8H2,1H3/t5-/m1/s1. The van der Waals surface area contributed by atoms with E-state index in [1.54, 1.807) is 6.92 Å². The number of ether oxygens (including phenoxy) is 1. The van der Waals surface area contributed by atoms with Crippen molar-refractivity contribution in [2.75, 3.05) is 13.2 Å². The van der Waals surface area contributed by atoms with Crippen LogP contribution in [0.3, 0.4) is 0 Å². The van der Waals surface area contributed by atoms with Gasteiger partial charge in [0.2, 0.25) is 0 Å². The second-order valence-corrected chi connectivity index (χ2v) is 1.94. The first kappa shape index (κ1) is 9.39. The Bertz CT molecular complexity index is 106. The Morgan fingerprint density at radius 2 is 2.30 bits per heavy atom. The van der Waals surface area contributed by atoms with Gasteiger partial charge in [0.1, 0.15) is 6.04 Å². The summed E-state index contributed by atoms with van der Waals surface area (Å²) in [6, 6.07) is -0.551. The predicted molar refractivity (Wildman–Crippen MR) is 38.3 cm³/mol. The fraction of sp³-hybridized carbons (Fsp3) is 0.833. The molecule has 10 heavy (non-hydrogen) atoms. The van der Waals surface area contributed by atoms with Gasteiger partial charge in [0, 0.05) is 0 Å². The van der Waals surface area contributed by atoms with E-state index in [1.807, 2.05) is 0 Å². The van der Waals surface area contributed by atoms with E-state index in [0.29, 0.717) is 19.6 Å². The number of carbonyl (C=O) groups is 1. The van der Waals surface area contributed by atoms with Crippen LogP contribution in [-0.4, -0.2) is 25.2 Å². The largest absolute Gasteiger partial charge is 0.465 e. The summed E-state index contributed by atoms with van der Waals surface area (Å²) in [5, 5.41) is 0. The maximum atomic E-state index is 10.7. The summed E-state index contributed by atoms with van der Waals surface area (Å²) in [6.07, 6.45) is 0.485. The Kier molecular flexibility index (Phi) is 4.88. The van der Waals surface area contributed by atoms with Crippen molar-refractivity contribution in [3.8, 4) is 0 Å². The van der Waals surface area contributed by atoms with Crippen molar-refractivity contribution < 1.29 is 9.53 Å². The molecule has 4 N–H and O–H groups in total. The van der Waals surface area contributed by atoms with Crippen LogP contribution in [0, 0.1) is 0 Å². The molecule has 0 bridgehead atoms. The normalized spacial score (nSPS) is 12.7. The molecule has 60 valence electrons. The SMILES string of the molecule is CCOC(=O)[C@H](N)CCN. The van der Waals surface area contributed by atoms with E-state index in [0.717, 1.165) is 0 Å². The summed E-state index contributed by atoms with van der Waals surface area (Å²) in [5.74, 6) is -0.368. The van der Waals surface area contributed by atoms with Crippen molar-refractivity contribution in [1.29, 1.82) is 0 Å². The van der Waals surface area contributed by atoms with Crippen LogP contribution in [0.5, 0.6) is 0 Å². The highest BCUT2D eigenvalue weighted by atomic mass is 16.5. The molecule has 0 aliphatic carbocycles. The summed E-state index contributed by atoms with van der Waals surface area (Å²) < 4.78 is 4.64. The molecule has 0 amide bonds. The van der Waals surface area contributed by atoms with Gasteiger partial charge in [-0.3, -0.25) is 4.79 Å². The van der Waals surface area contributed by atoms with Gasteiger partial charge in [-0.25, -0.2) is 0 Å². The number of rotatable bonds is 4. The van der Waals surface area contributed by atoms with Crippen molar-refractivity contribution >= 4 is 5.97 Å². The Balaban J connectivity index is 3.49. The lowest BCUT2D eigenvalue weighted by Gasteiger charge is -2.07. The zero-order valence-electron chi connectivity index (χ0n) is 6.17. The molecule has 0 saturated carbocycles. The van der Waals surface area contributed by atoms with Gasteiger partial charge in [0.15, 0.2) is 0 Å². The van der Waals surface area contributed by atoms with Crippen molar-refractivity contribution in [3.63, 3.8) is 0 Å². The molecular weight excluding hydrogens is 132 g/mol. The first-order valence-corrected chi connectivity index (χ1v) is 3.34. The Labute approximate surface area is 60.5 Å². The van der Waals surface area contributed by atoms with Crippen LogP contribution >= 0.6 is 0 Å². The maximum absolute atomic E-state index is 10.7. The molecular formula is C6H14N2O2. The maximum Gasteiger partial charge on any atom is 0.322 e. The summed E-state index contributed by atoms with van der Waals surface area (Å²) in [4.78, 5) is 10.7. The zero-order valence-corrected chi connectivity index (χ0v) is 6.17. The third-order valence-electron chi connectivity index (χ3n) is 1.07. The summed E-state index contributed by atoms with van der Waals surface area (Å²) >= 11 is 0. The van der Waals surface area contributed by atoms with Gasteiger partial charge in [0.25, 0.3) is 0 Å². The minimum absolute atomic E-state index is 0.368. The fourth-order valence-electron chi connectivity index (χ4n) is 0.547. The molecule has 0 spiro atoms. The molecule has 0 aromatic heterocycles. The highest BCUT2D eigenvalue weighted by Crippen LogP contribution is 1.89. The molecule has 0 radical (unpaired) electrons. The van der Waals surface area contributed by atoms with Crippen LogP contribution < -0.4 is 11.5 Å². The minimum atomic E-state index is -0.551. The van der Waals surface area contributed by atoms with Crippen LogP contribution in [0.15, 0.2) is 0 Å². The van der Waals surface area contributed by atoms with E-state index in [-0.39, 0.29) is 5.97 Å². The van der Waals surface area contributed by atoms with Crippen LogP contribution in [0.2, 0.25) is 0 Å². The molecule has 4 nitrogen and oxygen atoms in total. The quantitative estimate of drug-likeness (QED) is 0.510. The molecule has 0 aliphatic heterocycles. The van der Waals surface area contributed by atoms with Crippen molar-refractivity contribution in [2.45, 2.75) is 19.4 Å². The summed E-state index contributed by atoms with van der Waals surface area (Å²) in [5.41, 5.74) is 10.5. The molecule has 0 aliphatic rings. The third kappa shape index (κ3) is 3.42. The number of hydrogen-bond donors (Lipinski definition) is 2. The highest BCUT2D eigenvalue weighted by molar-refractivity contribution is 5.75. The third-order valence-corrected chi connectivity index (χ3v) is 1.07. The lowest BCUT2D eigenvalue weighted by Crippen LogP contribution is -2.34. The van der Waals surface area contributed by atoms with Crippen molar-refractivity contribution in [1.82, 2.24) is 0 Å². The van der Waals surface area contributed by atoms with Crippen LogP contribution in [0.4, 0.5) is 0 Å². The van der Waals surface area contributed by atoms with E-state index >= 15 is 0 Å². The van der Waals surface area contributed by atoms with Crippen molar-refractivity contribution in [2.24, 2.45) is 11.5 Å². The summed E-state index contributed by atoms with van der Waals surface area (Å²) in [7, 11) is 0. The van der Waals surface area contributed by atoms with Crippen LogP contribution in [0.25, 0.3) is 0 Å². The molecule has 0 saturated heterocycles. The molecule has 0 rings (SSSR count). The van der Waals surface area contributed by atoms with Crippen LogP contribution in [-0.2, 0) is 9.53 Å². The van der Waals surface area contributed by atoms with Gasteiger partial charge >= 0.3 is 5.97 Å². The Morgan fingerprint density at radius 1 is 1.70 bits per heavy atom. The number of nitrogens with two attached hydrogens (primary N) is 2. The lowest BCUT2D eigenvalue weighted by atomic mass is 10.2. The van der Waals surface area contributed by atoms with Gasteiger partial charge in [-0.05, 0) is 19.9 Å². The smallest absolute Gasteiger partial charge is 0.322 e. The molecule has 1 atom stereocenters. The van der Waals surface area contributed by atoms with Gasteiger partial charge in [-0.1, -0.05) is 0 Å². The number of carbonyl (C=O) groups excluding carboxylic acids is 1. The monoisotopic (exact) mass is 146 g/mol. The number of esters is 1. The molecule has 0 heterocycles. The van der Waals surface area contributed by atoms with E-state index in [2.05, 4.69) is 4.74 Å².